The summed E-state index contributed by atoms with van der Waals surface area (Å²) in [4.78, 5) is 66.8. The number of rotatable bonds is 7. The molecular weight excluding hydrogens is 599 g/mol. The normalized spacial score (nSPS) is 14.0. The molecule has 4 N–H and O–H groups in total. The molecule has 3 aromatic rings. The molecule has 2 aromatic carbocycles. The molecule has 0 fully saturated rings. The van der Waals surface area contributed by atoms with E-state index in [2.05, 4.69) is 4.85 Å². The number of allylic oxidation sites excluding steroid dienone is 4. The molecule has 2 heterocycles. The number of imide groups is 1. The molecule has 1 aliphatic rings. The Labute approximate surface area is 285 Å². The van der Waals surface area contributed by atoms with Crippen molar-refractivity contribution in [3.8, 4) is 17.6 Å². The van der Waals surface area contributed by atoms with Crippen molar-refractivity contribution >= 4 is 35.4 Å². The van der Waals surface area contributed by atoms with Crippen LogP contribution in [0.5, 0.6) is 5.88 Å². The largest absolute Gasteiger partial charge is 1.00 e. The number of hydrogen-bond acceptors (Lipinski definition) is 7. The minimum atomic E-state index is -0.854. The van der Waals surface area contributed by atoms with Gasteiger partial charge in [0.2, 0.25) is 11.8 Å². The fourth-order valence-electron chi connectivity index (χ4n) is 4.64. The van der Waals surface area contributed by atoms with Gasteiger partial charge in [-0.2, -0.15) is 5.26 Å². The number of nitrogens with two attached hydrogens (primary N) is 2. The molecule has 0 saturated carbocycles. The SMILES string of the molecule is [C-]#[N+]C1=C(C)C(=CC=CC=Cc2c(C)c(C#N)c(=O)n(-c3cccc(C(N)=O)c3)c2[O-])C(=O)N(c2cccc(C(N)=O)c2)C1=O.[Na+]. The van der Waals surface area contributed by atoms with Gasteiger partial charge in [-0.15, -0.1) is 0 Å². The van der Waals surface area contributed by atoms with Crippen molar-refractivity contribution in [1.82, 2.24) is 4.57 Å². The molecule has 0 spiro atoms. The molecule has 1 aliphatic heterocycles. The van der Waals surface area contributed by atoms with E-state index in [0.717, 1.165) is 9.47 Å². The number of primary amides is 2. The number of pyridine rings is 1. The number of benzene rings is 2. The molecule has 0 radical (unpaired) electrons. The third-order valence-electron chi connectivity index (χ3n) is 6.98. The monoisotopic (exact) mass is 622 g/mol. The summed E-state index contributed by atoms with van der Waals surface area (Å²) in [5.74, 6) is -3.85. The smallest absolute Gasteiger partial charge is 0.859 e. The van der Waals surface area contributed by atoms with Gasteiger partial charge in [0.1, 0.15) is 11.6 Å². The first-order chi connectivity index (χ1) is 21.4. The maximum Gasteiger partial charge on any atom is 1.00 e. The van der Waals surface area contributed by atoms with Gasteiger partial charge in [0.05, 0.1) is 12.3 Å². The van der Waals surface area contributed by atoms with Crippen LogP contribution in [0.2, 0.25) is 0 Å². The van der Waals surface area contributed by atoms with Crippen LogP contribution in [-0.4, -0.2) is 28.2 Å². The molecule has 4 amide bonds. The Morgan fingerprint density at radius 2 is 1.52 bits per heavy atom. The van der Waals surface area contributed by atoms with Crippen molar-refractivity contribution in [2.24, 2.45) is 11.5 Å². The fraction of sp³-hybridized carbons (Fsp3) is 0.0606. The Hall–Kier alpha value is -5.79. The predicted molar refractivity (Wildman–Crippen MR) is 162 cm³/mol. The second kappa shape index (κ2) is 14.3. The number of amides is 4. The van der Waals surface area contributed by atoms with Gasteiger partial charge < -0.3 is 16.6 Å². The number of anilines is 1. The number of carbonyl (C=O) groups excluding carboxylic acids is 4. The molecule has 46 heavy (non-hydrogen) atoms. The summed E-state index contributed by atoms with van der Waals surface area (Å²) >= 11 is 0. The van der Waals surface area contributed by atoms with Gasteiger partial charge in [-0.3, -0.25) is 33.4 Å². The molecule has 13 heteroatoms. The van der Waals surface area contributed by atoms with Crippen LogP contribution < -0.4 is 56.6 Å². The van der Waals surface area contributed by atoms with Gasteiger partial charge in [0, 0.05) is 22.4 Å². The summed E-state index contributed by atoms with van der Waals surface area (Å²) in [5, 5.41) is 23.0. The van der Waals surface area contributed by atoms with Crippen LogP contribution in [0.25, 0.3) is 16.6 Å². The van der Waals surface area contributed by atoms with Gasteiger partial charge in [0.15, 0.2) is 0 Å². The Bertz CT molecular complexity index is 2090. The molecule has 0 unspecified atom stereocenters. The van der Waals surface area contributed by atoms with E-state index in [4.69, 9.17) is 18.0 Å². The molecule has 0 bridgehead atoms. The predicted octanol–water partition coefficient (Wildman–Crippen LogP) is -0.445. The van der Waals surface area contributed by atoms with Crippen LogP contribution >= 0.6 is 0 Å². The van der Waals surface area contributed by atoms with E-state index in [-0.39, 0.29) is 85.6 Å². The Balaban J connectivity index is 0.00000576. The van der Waals surface area contributed by atoms with Crippen LogP contribution in [0.4, 0.5) is 5.69 Å². The van der Waals surface area contributed by atoms with Gasteiger partial charge in [0.25, 0.3) is 23.1 Å². The van der Waals surface area contributed by atoms with Crippen LogP contribution in [0.1, 0.15) is 44.3 Å². The summed E-state index contributed by atoms with van der Waals surface area (Å²) in [5.41, 5.74) is 9.87. The maximum absolute atomic E-state index is 13.4. The Morgan fingerprint density at radius 1 is 0.935 bits per heavy atom. The number of nitrogens with zero attached hydrogens (tertiary/aromatic N) is 4. The van der Waals surface area contributed by atoms with Crippen molar-refractivity contribution in [3.05, 3.63) is 139 Å². The van der Waals surface area contributed by atoms with E-state index in [1.165, 1.54) is 92.8 Å². The van der Waals surface area contributed by atoms with Gasteiger partial charge in [-0.05, 0) is 72.8 Å². The quantitative estimate of drug-likeness (QED) is 0.117. The van der Waals surface area contributed by atoms with Crippen LogP contribution in [0.3, 0.4) is 0 Å². The van der Waals surface area contributed by atoms with Gasteiger partial charge in [-0.25, -0.2) is 4.85 Å². The third-order valence-corrected chi connectivity index (χ3v) is 6.98. The molecule has 4 rings (SSSR count). The topological polar surface area (TPSA) is 197 Å². The fourth-order valence-corrected chi connectivity index (χ4v) is 4.64. The van der Waals surface area contributed by atoms with Crippen molar-refractivity contribution < 1.29 is 53.8 Å². The van der Waals surface area contributed by atoms with Crippen molar-refractivity contribution in [1.29, 1.82) is 5.26 Å². The summed E-state index contributed by atoms with van der Waals surface area (Å²) < 4.78 is 0.781. The van der Waals surface area contributed by atoms with Crippen molar-refractivity contribution in [2.45, 2.75) is 13.8 Å². The van der Waals surface area contributed by atoms with Crippen molar-refractivity contribution in [2.75, 3.05) is 4.90 Å². The number of aromatic nitrogens is 1. The zero-order chi connectivity index (χ0) is 33.0. The van der Waals surface area contributed by atoms with E-state index in [9.17, 15) is 34.3 Å². The standard InChI is InChI=1S/C33H24N6O6.Na/c1-18-24(30(42)38(32(44)26(18)17-34)22-11-7-9-20(15-22)28(35)40)13-5-4-6-14-25-19(2)27(37-3)33(45)39(31(25)43)23-12-8-10-21(16-23)29(36)41;/h4-16,42H,1-2H3,(H2,35,40)(H2,36,41);/q;+1/p-1. The first-order valence-electron chi connectivity index (χ1n) is 13.1. The van der Waals surface area contributed by atoms with Crippen molar-refractivity contribution in [3.63, 3.8) is 0 Å². The molecule has 12 nitrogen and oxygen atoms in total. The second-order valence-electron chi connectivity index (χ2n) is 9.66. The number of carbonyl (C=O) groups is 4. The molecule has 0 saturated heterocycles. The molecule has 0 atom stereocenters. The van der Waals surface area contributed by atoms with Crippen LogP contribution in [0, 0.1) is 24.8 Å². The summed E-state index contributed by atoms with van der Waals surface area (Å²) in [6.45, 7) is 10.4. The van der Waals surface area contributed by atoms with Gasteiger partial charge >= 0.3 is 29.6 Å². The van der Waals surface area contributed by atoms with Crippen LogP contribution in [-0.2, 0) is 9.59 Å². The number of nitriles is 1. The summed E-state index contributed by atoms with van der Waals surface area (Å²) in [7, 11) is 0. The van der Waals surface area contributed by atoms with E-state index in [0.29, 0.717) is 0 Å². The van der Waals surface area contributed by atoms with E-state index in [1.54, 1.807) is 0 Å². The summed E-state index contributed by atoms with van der Waals surface area (Å²) in [6, 6.07) is 13.0. The first kappa shape index (κ1) is 34.7. The zero-order valence-electron chi connectivity index (χ0n) is 24.9. The molecule has 1 aromatic heterocycles. The van der Waals surface area contributed by atoms with E-state index in [1.807, 2.05) is 6.07 Å². The maximum atomic E-state index is 13.4. The zero-order valence-corrected chi connectivity index (χ0v) is 26.9. The van der Waals surface area contributed by atoms with E-state index >= 15 is 0 Å². The Kier molecular flexibility index (Phi) is 10.8. The number of hydrogen-bond donors (Lipinski definition) is 2. The van der Waals surface area contributed by atoms with Crippen LogP contribution in [0.15, 0.2) is 94.5 Å². The van der Waals surface area contributed by atoms with E-state index < -0.39 is 35.1 Å². The first-order valence-corrected chi connectivity index (χ1v) is 13.1. The molecular formula is C33H23N6NaO6. The molecule has 0 aliphatic carbocycles. The van der Waals surface area contributed by atoms with Gasteiger partial charge in [-0.1, -0.05) is 42.5 Å². The second-order valence-corrected chi connectivity index (χ2v) is 9.66. The minimum Gasteiger partial charge on any atom is -0.859 e. The average molecular weight is 623 g/mol. The Morgan fingerprint density at radius 3 is 2.09 bits per heavy atom. The third kappa shape index (κ3) is 6.50. The summed E-state index contributed by atoms with van der Waals surface area (Å²) in [6.07, 6.45) is 7.11. The average Bonchev–Trinajstić information content (AvgIpc) is 3.00. The minimum absolute atomic E-state index is 0. The molecule has 222 valence electrons.